The number of methoxy groups -OCH3 is 1. The predicted octanol–water partition coefficient (Wildman–Crippen LogP) is 8.26. The van der Waals surface area contributed by atoms with E-state index in [0.29, 0.717) is 24.4 Å². The van der Waals surface area contributed by atoms with E-state index in [1.54, 1.807) is 6.07 Å². The molecule has 5 aromatic carbocycles. The number of fused-ring (bicyclic) bond motifs is 1. The summed E-state index contributed by atoms with van der Waals surface area (Å²) in [7, 11) is 1.39. The standard InChI is InChI=1S/C40H37NO3/c1-44-40(43)37-19-11-10-17-35(37)33-22-20-30(21-23-33)27-38(42)41(28-31-14-6-3-7-15-31)39-34(26-29-12-4-2-5-13-29)25-24-32-16-8-9-18-36(32)39/h2-23,34,39H,24-28H2,1H3. The number of nitrogens with zero attached hydrogens (tertiary/aromatic N) is 1. The van der Waals surface area contributed by atoms with Crippen molar-refractivity contribution in [3.63, 3.8) is 0 Å². The van der Waals surface area contributed by atoms with Crippen molar-refractivity contribution in [2.75, 3.05) is 7.11 Å². The van der Waals surface area contributed by atoms with Crippen molar-refractivity contribution in [3.8, 4) is 11.1 Å². The molecule has 2 atom stereocenters. The van der Waals surface area contributed by atoms with E-state index in [-0.39, 0.29) is 17.9 Å². The summed E-state index contributed by atoms with van der Waals surface area (Å²) >= 11 is 0. The fourth-order valence-corrected chi connectivity index (χ4v) is 6.58. The zero-order valence-electron chi connectivity index (χ0n) is 25.1. The summed E-state index contributed by atoms with van der Waals surface area (Å²) in [4.78, 5) is 28.9. The van der Waals surface area contributed by atoms with Crippen LogP contribution < -0.4 is 0 Å². The highest BCUT2D eigenvalue weighted by Crippen LogP contribution is 2.41. The first-order valence-corrected chi connectivity index (χ1v) is 15.3. The number of rotatable bonds is 9. The maximum atomic E-state index is 14.4. The van der Waals surface area contributed by atoms with Gasteiger partial charge in [-0.25, -0.2) is 4.79 Å². The monoisotopic (exact) mass is 579 g/mol. The molecule has 1 amide bonds. The molecule has 0 bridgehead atoms. The second-order valence-electron chi connectivity index (χ2n) is 11.6. The highest BCUT2D eigenvalue weighted by molar-refractivity contribution is 5.97. The fourth-order valence-electron chi connectivity index (χ4n) is 6.58. The Bertz CT molecular complexity index is 1710. The predicted molar refractivity (Wildman–Crippen MR) is 175 cm³/mol. The summed E-state index contributed by atoms with van der Waals surface area (Å²) in [5.41, 5.74) is 8.20. The zero-order valence-corrected chi connectivity index (χ0v) is 25.1. The third-order valence-corrected chi connectivity index (χ3v) is 8.75. The largest absolute Gasteiger partial charge is 0.465 e. The topological polar surface area (TPSA) is 46.6 Å². The van der Waals surface area contributed by atoms with Crippen LogP contribution in [0.3, 0.4) is 0 Å². The summed E-state index contributed by atoms with van der Waals surface area (Å²) in [6.07, 6.45) is 3.27. The van der Waals surface area contributed by atoms with Crippen molar-refractivity contribution in [1.82, 2.24) is 4.90 Å². The third-order valence-electron chi connectivity index (χ3n) is 8.75. The van der Waals surface area contributed by atoms with Gasteiger partial charge in [-0.1, -0.05) is 127 Å². The third kappa shape index (κ3) is 6.50. The van der Waals surface area contributed by atoms with E-state index >= 15 is 0 Å². The van der Waals surface area contributed by atoms with Gasteiger partial charge in [0.25, 0.3) is 0 Å². The lowest BCUT2D eigenvalue weighted by molar-refractivity contribution is -0.135. The average Bonchev–Trinajstić information content (AvgIpc) is 3.08. The van der Waals surface area contributed by atoms with Gasteiger partial charge in [-0.05, 0) is 70.2 Å². The van der Waals surface area contributed by atoms with Crippen LogP contribution in [0.15, 0.2) is 133 Å². The van der Waals surface area contributed by atoms with Crippen LogP contribution in [-0.2, 0) is 35.3 Å². The molecule has 4 nitrogen and oxygen atoms in total. The molecule has 0 aliphatic heterocycles. The molecule has 0 saturated heterocycles. The van der Waals surface area contributed by atoms with Gasteiger partial charge in [0.05, 0.1) is 25.1 Å². The van der Waals surface area contributed by atoms with Crippen molar-refractivity contribution >= 4 is 11.9 Å². The van der Waals surface area contributed by atoms with Crippen LogP contribution >= 0.6 is 0 Å². The molecule has 0 N–H and O–H groups in total. The maximum Gasteiger partial charge on any atom is 0.338 e. The minimum atomic E-state index is -0.366. The first kappa shape index (κ1) is 29.1. The van der Waals surface area contributed by atoms with Gasteiger partial charge >= 0.3 is 5.97 Å². The van der Waals surface area contributed by atoms with Gasteiger partial charge in [0.2, 0.25) is 5.91 Å². The van der Waals surface area contributed by atoms with E-state index in [9.17, 15) is 9.59 Å². The minimum absolute atomic E-state index is 0.0286. The van der Waals surface area contributed by atoms with E-state index in [0.717, 1.165) is 41.5 Å². The van der Waals surface area contributed by atoms with Crippen molar-refractivity contribution < 1.29 is 14.3 Å². The quantitative estimate of drug-likeness (QED) is 0.165. The first-order valence-electron chi connectivity index (χ1n) is 15.3. The molecular formula is C40H37NO3. The molecule has 1 aliphatic carbocycles. The van der Waals surface area contributed by atoms with Crippen LogP contribution in [0.5, 0.6) is 0 Å². The van der Waals surface area contributed by atoms with E-state index in [1.807, 2.05) is 60.7 Å². The molecule has 0 fully saturated rings. The van der Waals surface area contributed by atoms with E-state index in [2.05, 4.69) is 71.6 Å². The average molecular weight is 580 g/mol. The number of benzene rings is 5. The summed E-state index contributed by atoms with van der Waals surface area (Å²) in [5, 5.41) is 0. The minimum Gasteiger partial charge on any atom is -0.465 e. The molecule has 5 aromatic rings. The number of carbonyl (C=O) groups is 2. The van der Waals surface area contributed by atoms with Crippen molar-refractivity contribution in [2.45, 2.75) is 38.3 Å². The van der Waals surface area contributed by atoms with Crippen molar-refractivity contribution in [2.24, 2.45) is 5.92 Å². The second kappa shape index (κ2) is 13.6. The maximum absolute atomic E-state index is 14.4. The van der Waals surface area contributed by atoms with Crippen LogP contribution in [0.25, 0.3) is 11.1 Å². The fraction of sp³-hybridized carbons (Fsp3) is 0.200. The van der Waals surface area contributed by atoms with Crippen LogP contribution in [-0.4, -0.2) is 23.9 Å². The van der Waals surface area contributed by atoms with Crippen LogP contribution in [0.1, 0.15) is 50.6 Å². The lowest BCUT2D eigenvalue weighted by atomic mass is 9.76. The summed E-state index contributed by atoms with van der Waals surface area (Å²) in [6, 6.07) is 45.0. The zero-order chi connectivity index (χ0) is 30.3. The number of ether oxygens (including phenoxy) is 1. The summed E-state index contributed by atoms with van der Waals surface area (Å²) in [6.45, 7) is 0.550. The smallest absolute Gasteiger partial charge is 0.338 e. The SMILES string of the molecule is COC(=O)c1ccccc1-c1ccc(CC(=O)N(Cc2ccccc2)C2c3ccccc3CCC2Cc2ccccc2)cc1. The Morgan fingerprint density at radius 3 is 2.07 bits per heavy atom. The van der Waals surface area contributed by atoms with E-state index in [4.69, 9.17) is 4.74 Å². The first-order chi connectivity index (χ1) is 21.6. The molecule has 0 aromatic heterocycles. The van der Waals surface area contributed by atoms with Crippen molar-refractivity contribution in [3.05, 3.63) is 167 Å². The summed E-state index contributed by atoms with van der Waals surface area (Å²) in [5.74, 6) is 0.0442. The lowest BCUT2D eigenvalue weighted by Crippen LogP contribution is -2.41. The Balaban J connectivity index is 1.32. The molecule has 44 heavy (non-hydrogen) atoms. The van der Waals surface area contributed by atoms with Crippen LogP contribution in [0.4, 0.5) is 0 Å². The van der Waals surface area contributed by atoms with Crippen molar-refractivity contribution in [1.29, 1.82) is 0 Å². The lowest BCUT2D eigenvalue weighted by Gasteiger charge is -2.42. The summed E-state index contributed by atoms with van der Waals surface area (Å²) < 4.78 is 4.99. The van der Waals surface area contributed by atoms with Gasteiger partial charge in [0, 0.05) is 6.54 Å². The molecule has 4 heteroatoms. The number of hydrogen-bond donors (Lipinski definition) is 0. The van der Waals surface area contributed by atoms with E-state index < -0.39 is 0 Å². The highest BCUT2D eigenvalue weighted by Gasteiger charge is 2.36. The number of hydrogen-bond acceptors (Lipinski definition) is 3. The molecule has 0 saturated carbocycles. The highest BCUT2D eigenvalue weighted by atomic mass is 16.5. The number of carbonyl (C=O) groups excluding carboxylic acids is 2. The molecular weight excluding hydrogens is 542 g/mol. The van der Waals surface area contributed by atoms with Gasteiger partial charge in [-0.15, -0.1) is 0 Å². The normalized spacial score (nSPS) is 15.7. The molecule has 0 radical (unpaired) electrons. The molecule has 0 spiro atoms. The van der Waals surface area contributed by atoms with Gasteiger partial charge in [-0.3, -0.25) is 4.79 Å². The molecule has 220 valence electrons. The van der Waals surface area contributed by atoms with Crippen LogP contribution in [0, 0.1) is 5.92 Å². The number of esters is 1. The second-order valence-corrected chi connectivity index (χ2v) is 11.6. The van der Waals surface area contributed by atoms with Gasteiger partial charge in [0.15, 0.2) is 0 Å². The number of aryl methyl sites for hydroxylation is 1. The molecule has 6 rings (SSSR count). The van der Waals surface area contributed by atoms with E-state index in [1.165, 1.54) is 23.8 Å². The van der Waals surface area contributed by atoms with Gasteiger partial charge in [0.1, 0.15) is 0 Å². The van der Waals surface area contributed by atoms with Crippen LogP contribution in [0.2, 0.25) is 0 Å². The Kier molecular flexibility index (Phi) is 8.98. The molecule has 0 heterocycles. The number of amides is 1. The Morgan fingerprint density at radius 1 is 0.705 bits per heavy atom. The van der Waals surface area contributed by atoms with Gasteiger partial charge in [-0.2, -0.15) is 0 Å². The molecule has 1 aliphatic rings. The Morgan fingerprint density at radius 2 is 1.34 bits per heavy atom. The molecule has 2 unspecified atom stereocenters. The Labute approximate surface area is 259 Å². The van der Waals surface area contributed by atoms with Gasteiger partial charge < -0.3 is 9.64 Å². The Hall–Kier alpha value is -4.96.